The predicted molar refractivity (Wildman–Crippen MR) is 110 cm³/mol. The topological polar surface area (TPSA) is 75.6 Å². The summed E-state index contributed by atoms with van der Waals surface area (Å²) in [5.74, 6) is -0.110. The molecule has 0 radical (unpaired) electrons. The average Bonchev–Trinajstić information content (AvgIpc) is 3.24. The molecule has 0 aliphatic rings. The number of carbonyl (C=O) groups excluding carboxylic acids is 1. The lowest BCUT2D eigenvalue weighted by Crippen LogP contribution is -2.25. The number of aromatic amines is 1. The lowest BCUT2D eigenvalue weighted by atomic mass is 10.1. The minimum atomic E-state index is -0.110. The minimum Gasteiger partial charge on any atom is -0.347 e. The Morgan fingerprint density at radius 3 is 2.68 bits per heavy atom. The van der Waals surface area contributed by atoms with Crippen LogP contribution >= 0.6 is 0 Å². The van der Waals surface area contributed by atoms with E-state index in [0.29, 0.717) is 12.2 Å². The van der Waals surface area contributed by atoms with Gasteiger partial charge in [0.2, 0.25) is 0 Å². The van der Waals surface area contributed by atoms with Gasteiger partial charge in [0, 0.05) is 30.2 Å². The molecular weight excluding hydrogens is 350 g/mol. The SMILES string of the molecule is Cc1ccc(CNC(=O)c2cc3ccc(-c4cn[nH]c4C)nc3n2C)c(C)c1. The number of fused-ring (bicyclic) bond motifs is 1. The summed E-state index contributed by atoms with van der Waals surface area (Å²) in [6, 6.07) is 12.1. The summed E-state index contributed by atoms with van der Waals surface area (Å²) in [5.41, 5.74) is 7.64. The Bertz CT molecular complexity index is 1190. The van der Waals surface area contributed by atoms with Crippen molar-refractivity contribution in [1.29, 1.82) is 0 Å². The molecule has 3 heterocycles. The van der Waals surface area contributed by atoms with Gasteiger partial charge in [0.15, 0.2) is 0 Å². The summed E-state index contributed by atoms with van der Waals surface area (Å²) in [5, 5.41) is 11.0. The second-order valence-electron chi connectivity index (χ2n) is 7.22. The smallest absolute Gasteiger partial charge is 0.268 e. The third-order valence-corrected chi connectivity index (χ3v) is 5.15. The third kappa shape index (κ3) is 3.17. The number of nitrogens with zero attached hydrogens (tertiary/aromatic N) is 3. The van der Waals surface area contributed by atoms with Crippen molar-refractivity contribution < 1.29 is 4.79 Å². The van der Waals surface area contributed by atoms with Gasteiger partial charge < -0.3 is 9.88 Å². The highest BCUT2D eigenvalue weighted by molar-refractivity contribution is 5.98. The van der Waals surface area contributed by atoms with Crippen LogP contribution in [-0.4, -0.2) is 25.7 Å². The van der Waals surface area contributed by atoms with Crippen LogP contribution in [0, 0.1) is 20.8 Å². The Labute approximate surface area is 163 Å². The van der Waals surface area contributed by atoms with Crippen molar-refractivity contribution in [1.82, 2.24) is 25.1 Å². The normalized spacial score (nSPS) is 11.1. The average molecular weight is 373 g/mol. The fourth-order valence-electron chi connectivity index (χ4n) is 3.49. The second-order valence-corrected chi connectivity index (χ2v) is 7.22. The molecule has 0 saturated carbocycles. The molecule has 0 atom stereocenters. The number of aryl methyl sites for hydroxylation is 4. The van der Waals surface area contributed by atoms with E-state index in [4.69, 9.17) is 4.98 Å². The van der Waals surface area contributed by atoms with Gasteiger partial charge >= 0.3 is 0 Å². The first kappa shape index (κ1) is 18.0. The van der Waals surface area contributed by atoms with Crippen LogP contribution in [0.3, 0.4) is 0 Å². The molecule has 6 nitrogen and oxygen atoms in total. The number of rotatable bonds is 4. The molecule has 0 bridgehead atoms. The fourth-order valence-corrected chi connectivity index (χ4v) is 3.49. The van der Waals surface area contributed by atoms with Gasteiger partial charge in [-0.05, 0) is 50.1 Å². The molecule has 0 spiro atoms. The first-order chi connectivity index (χ1) is 13.4. The van der Waals surface area contributed by atoms with E-state index in [2.05, 4.69) is 47.6 Å². The molecule has 4 aromatic rings. The summed E-state index contributed by atoms with van der Waals surface area (Å²) < 4.78 is 1.84. The van der Waals surface area contributed by atoms with Crippen LogP contribution < -0.4 is 5.32 Å². The number of pyridine rings is 1. The molecular formula is C22H23N5O. The van der Waals surface area contributed by atoms with E-state index in [9.17, 15) is 4.79 Å². The maximum Gasteiger partial charge on any atom is 0.268 e. The molecule has 0 fully saturated rings. The molecule has 4 rings (SSSR count). The highest BCUT2D eigenvalue weighted by atomic mass is 16.1. The zero-order valence-corrected chi connectivity index (χ0v) is 16.5. The van der Waals surface area contributed by atoms with Gasteiger partial charge in [-0.2, -0.15) is 5.10 Å². The summed E-state index contributed by atoms with van der Waals surface area (Å²) in [6.07, 6.45) is 1.77. The quantitative estimate of drug-likeness (QED) is 0.571. The fraction of sp³-hybridized carbons (Fsp3) is 0.227. The lowest BCUT2D eigenvalue weighted by molar-refractivity contribution is 0.0943. The monoisotopic (exact) mass is 373 g/mol. The van der Waals surface area contributed by atoms with Crippen molar-refractivity contribution in [2.75, 3.05) is 0 Å². The molecule has 28 heavy (non-hydrogen) atoms. The van der Waals surface area contributed by atoms with Crippen LogP contribution in [0.1, 0.15) is 32.9 Å². The Kier molecular flexibility index (Phi) is 4.47. The zero-order chi connectivity index (χ0) is 19.8. The lowest BCUT2D eigenvalue weighted by Gasteiger charge is -2.09. The molecule has 0 unspecified atom stereocenters. The first-order valence-electron chi connectivity index (χ1n) is 9.25. The van der Waals surface area contributed by atoms with E-state index >= 15 is 0 Å². The number of nitrogens with one attached hydrogen (secondary N) is 2. The molecule has 0 aliphatic carbocycles. The Balaban J connectivity index is 1.60. The Hall–Kier alpha value is -3.41. The molecule has 2 N–H and O–H groups in total. The van der Waals surface area contributed by atoms with Gasteiger partial charge in [-0.25, -0.2) is 4.98 Å². The van der Waals surface area contributed by atoms with E-state index in [-0.39, 0.29) is 5.91 Å². The van der Waals surface area contributed by atoms with Crippen molar-refractivity contribution >= 4 is 16.9 Å². The van der Waals surface area contributed by atoms with Crippen molar-refractivity contribution in [3.63, 3.8) is 0 Å². The van der Waals surface area contributed by atoms with Crippen molar-refractivity contribution in [3.8, 4) is 11.3 Å². The van der Waals surface area contributed by atoms with Gasteiger partial charge in [-0.1, -0.05) is 23.8 Å². The highest BCUT2D eigenvalue weighted by Crippen LogP contribution is 2.24. The predicted octanol–water partition coefficient (Wildman–Crippen LogP) is 3.82. The van der Waals surface area contributed by atoms with Crippen LogP contribution in [0.2, 0.25) is 0 Å². The largest absolute Gasteiger partial charge is 0.347 e. The van der Waals surface area contributed by atoms with Crippen LogP contribution in [0.25, 0.3) is 22.3 Å². The molecule has 142 valence electrons. The van der Waals surface area contributed by atoms with E-state index in [1.165, 1.54) is 11.1 Å². The van der Waals surface area contributed by atoms with Crippen molar-refractivity contribution in [3.05, 3.63) is 70.7 Å². The summed E-state index contributed by atoms with van der Waals surface area (Å²) >= 11 is 0. The summed E-state index contributed by atoms with van der Waals surface area (Å²) in [4.78, 5) is 17.5. The van der Waals surface area contributed by atoms with E-state index < -0.39 is 0 Å². The molecule has 3 aromatic heterocycles. The van der Waals surface area contributed by atoms with Gasteiger partial charge in [0.1, 0.15) is 11.3 Å². The number of aromatic nitrogens is 4. The van der Waals surface area contributed by atoms with Crippen LogP contribution in [0.4, 0.5) is 0 Å². The molecule has 1 aromatic carbocycles. The van der Waals surface area contributed by atoms with E-state index in [1.807, 2.05) is 36.7 Å². The Morgan fingerprint density at radius 2 is 1.96 bits per heavy atom. The third-order valence-electron chi connectivity index (χ3n) is 5.15. The number of amides is 1. The standard InChI is InChI=1S/C22H23N5O/c1-13-5-6-17(14(2)9-13)11-23-22(28)20-10-16-7-8-19(25-21(16)27(20)4)18-12-24-26-15(18)3/h5-10,12H,11H2,1-4H3,(H,23,28)(H,24,26). The summed E-state index contributed by atoms with van der Waals surface area (Å²) in [7, 11) is 1.87. The van der Waals surface area contributed by atoms with Gasteiger partial charge in [0.05, 0.1) is 11.9 Å². The minimum absolute atomic E-state index is 0.110. The maximum absolute atomic E-state index is 12.8. The zero-order valence-electron chi connectivity index (χ0n) is 16.5. The van der Waals surface area contributed by atoms with E-state index in [1.54, 1.807) is 6.20 Å². The molecule has 0 saturated heterocycles. The van der Waals surface area contributed by atoms with Crippen LogP contribution in [0.15, 0.2) is 42.6 Å². The van der Waals surface area contributed by atoms with Gasteiger partial charge in [0.25, 0.3) is 5.91 Å². The van der Waals surface area contributed by atoms with Crippen molar-refractivity contribution in [2.24, 2.45) is 7.05 Å². The number of hydrogen-bond acceptors (Lipinski definition) is 3. The van der Waals surface area contributed by atoms with Gasteiger partial charge in [-0.3, -0.25) is 9.89 Å². The molecule has 0 aliphatic heterocycles. The number of hydrogen-bond donors (Lipinski definition) is 2. The van der Waals surface area contributed by atoms with Crippen LogP contribution in [0.5, 0.6) is 0 Å². The number of benzene rings is 1. The van der Waals surface area contributed by atoms with Crippen molar-refractivity contribution in [2.45, 2.75) is 27.3 Å². The van der Waals surface area contributed by atoms with Crippen LogP contribution in [-0.2, 0) is 13.6 Å². The Morgan fingerprint density at radius 1 is 1.14 bits per heavy atom. The maximum atomic E-state index is 12.8. The molecule has 6 heteroatoms. The second kappa shape index (κ2) is 6.96. The number of carbonyl (C=O) groups is 1. The molecule has 1 amide bonds. The first-order valence-corrected chi connectivity index (χ1v) is 9.25. The van der Waals surface area contributed by atoms with Gasteiger partial charge in [-0.15, -0.1) is 0 Å². The summed E-state index contributed by atoms with van der Waals surface area (Å²) in [6.45, 7) is 6.59. The van der Waals surface area contributed by atoms with E-state index in [0.717, 1.165) is 33.5 Å². The highest BCUT2D eigenvalue weighted by Gasteiger charge is 2.16. The number of H-pyrrole nitrogens is 1.